The van der Waals surface area contributed by atoms with Gasteiger partial charge in [-0.05, 0) is 57.8 Å². The van der Waals surface area contributed by atoms with Crippen molar-refractivity contribution in [2.24, 2.45) is 5.92 Å². The Labute approximate surface area is 128 Å². The number of piperidine rings is 1. The third-order valence-corrected chi connectivity index (χ3v) is 5.07. The third kappa shape index (κ3) is 4.30. The zero-order chi connectivity index (χ0) is 14.5. The van der Waals surface area contributed by atoms with Gasteiger partial charge in [-0.25, -0.2) is 0 Å². The van der Waals surface area contributed by atoms with Crippen LogP contribution in [0, 0.1) is 5.92 Å². The summed E-state index contributed by atoms with van der Waals surface area (Å²) in [4.78, 5) is 2.45. The Balaban J connectivity index is 1.42. The van der Waals surface area contributed by atoms with Gasteiger partial charge in [-0.15, -0.1) is 0 Å². The minimum Gasteiger partial charge on any atom is -0.311 e. The summed E-state index contributed by atoms with van der Waals surface area (Å²) in [5.74, 6) is 0.809. The van der Waals surface area contributed by atoms with Crippen molar-refractivity contribution < 1.29 is 0 Å². The fraction of sp³-hybridized carbons (Fsp3) is 0.824. The lowest BCUT2D eigenvalue weighted by Gasteiger charge is -2.29. The standard InChI is InChI=1S/C17H30N4/c1-20-10-5-6-15(14-20)12-18-13-16-9-11-21(19-16)17-7-3-2-4-8-17/h9,11,15,17-18H,2-8,10,12-14H2,1H3. The number of likely N-dealkylation sites (tertiary alicyclic amines) is 1. The molecular weight excluding hydrogens is 260 g/mol. The summed E-state index contributed by atoms with van der Waals surface area (Å²) in [6, 6.07) is 2.84. The van der Waals surface area contributed by atoms with Crippen molar-refractivity contribution in [1.82, 2.24) is 20.0 Å². The summed E-state index contributed by atoms with van der Waals surface area (Å²) in [5.41, 5.74) is 1.20. The highest BCUT2D eigenvalue weighted by molar-refractivity contribution is 4.99. The zero-order valence-electron chi connectivity index (χ0n) is 13.4. The van der Waals surface area contributed by atoms with E-state index < -0.39 is 0 Å². The van der Waals surface area contributed by atoms with Crippen LogP contribution in [0.4, 0.5) is 0 Å². The monoisotopic (exact) mass is 290 g/mol. The van der Waals surface area contributed by atoms with Gasteiger partial charge in [0, 0.05) is 19.3 Å². The molecule has 21 heavy (non-hydrogen) atoms. The van der Waals surface area contributed by atoms with Crippen LogP contribution in [0.5, 0.6) is 0 Å². The van der Waals surface area contributed by atoms with E-state index in [1.54, 1.807) is 0 Å². The van der Waals surface area contributed by atoms with E-state index in [-0.39, 0.29) is 0 Å². The molecule has 4 heteroatoms. The van der Waals surface area contributed by atoms with Crippen molar-refractivity contribution >= 4 is 0 Å². The Kier molecular flexibility index (Phi) is 5.31. The van der Waals surface area contributed by atoms with E-state index in [4.69, 9.17) is 5.10 Å². The van der Waals surface area contributed by atoms with Crippen LogP contribution in [0.25, 0.3) is 0 Å². The van der Waals surface area contributed by atoms with Crippen molar-refractivity contribution in [1.29, 1.82) is 0 Å². The normalized spacial score (nSPS) is 25.3. The maximum Gasteiger partial charge on any atom is 0.0762 e. The molecule has 1 saturated carbocycles. The van der Waals surface area contributed by atoms with Crippen LogP contribution < -0.4 is 5.32 Å². The Bertz CT molecular complexity index is 422. The smallest absolute Gasteiger partial charge is 0.0762 e. The molecule has 1 aliphatic heterocycles. The Morgan fingerprint density at radius 3 is 2.86 bits per heavy atom. The van der Waals surface area contributed by atoms with E-state index >= 15 is 0 Å². The summed E-state index contributed by atoms with van der Waals surface area (Å²) in [5, 5.41) is 8.38. The van der Waals surface area contributed by atoms with Gasteiger partial charge in [0.2, 0.25) is 0 Å². The first-order valence-corrected chi connectivity index (χ1v) is 8.74. The molecule has 0 aromatic carbocycles. The van der Waals surface area contributed by atoms with Gasteiger partial charge in [-0.2, -0.15) is 5.10 Å². The Morgan fingerprint density at radius 1 is 1.19 bits per heavy atom. The summed E-state index contributed by atoms with van der Waals surface area (Å²) in [6.07, 6.45) is 11.7. The second-order valence-corrected chi connectivity index (χ2v) is 6.98. The molecule has 1 N–H and O–H groups in total. The molecule has 1 atom stereocenters. The first-order chi connectivity index (χ1) is 10.3. The maximum absolute atomic E-state index is 4.78. The van der Waals surface area contributed by atoms with E-state index in [1.165, 1.54) is 63.7 Å². The highest BCUT2D eigenvalue weighted by atomic mass is 15.3. The van der Waals surface area contributed by atoms with Crippen LogP contribution in [0.2, 0.25) is 0 Å². The molecule has 4 nitrogen and oxygen atoms in total. The zero-order valence-corrected chi connectivity index (χ0v) is 13.4. The predicted octanol–water partition coefficient (Wildman–Crippen LogP) is 2.82. The van der Waals surface area contributed by atoms with Gasteiger partial charge in [0.1, 0.15) is 0 Å². The molecule has 0 bridgehead atoms. The first-order valence-electron chi connectivity index (χ1n) is 8.74. The molecule has 1 unspecified atom stereocenters. The minimum atomic E-state index is 0.652. The van der Waals surface area contributed by atoms with Gasteiger partial charge in [0.15, 0.2) is 0 Å². The molecule has 3 rings (SSSR count). The summed E-state index contributed by atoms with van der Waals surface area (Å²) < 4.78 is 2.21. The number of hydrogen-bond acceptors (Lipinski definition) is 3. The average Bonchev–Trinajstić information content (AvgIpc) is 2.97. The predicted molar refractivity (Wildman–Crippen MR) is 86.3 cm³/mol. The molecule has 2 fully saturated rings. The fourth-order valence-corrected chi connectivity index (χ4v) is 3.86. The topological polar surface area (TPSA) is 33.1 Å². The number of rotatable bonds is 5. The first kappa shape index (κ1) is 15.0. The summed E-state index contributed by atoms with van der Waals surface area (Å²) >= 11 is 0. The molecule has 118 valence electrons. The molecule has 2 aliphatic rings. The van der Waals surface area contributed by atoms with Gasteiger partial charge < -0.3 is 10.2 Å². The quantitative estimate of drug-likeness (QED) is 0.905. The average molecular weight is 290 g/mol. The lowest BCUT2D eigenvalue weighted by atomic mass is 9.96. The van der Waals surface area contributed by atoms with Gasteiger partial charge in [-0.1, -0.05) is 19.3 Å². The lowest BCUT2D eigenvalue weighted by Crippen LogP contribution is -2.37. The molecule has 0 radical (unpaired) electrons. The van der Waals surface area contributed by atoms with Crippen LogP contribution >= 0.6 is 0 Å². The lowest BCUT2D eigenvalue weighted by molar-refractivity contribution is 0.206. The molecule has 2 heterocycles. The van der Waals surface area contributed by atoms with Gasteiger partial charge in [-0.3, -0.25) is 4.68 Å². The fourth-order valence-electron chi connectivity index (χ4n) is 3.86. The van der Waals surface area contributed by atoms with Gasteiger partial charge in [0.05, 0.1) is 11.7 Å². The molecule has 0 amide bonds. The van der Waals surface area contributed by atoms with Crippen LogP contribution in [0.1, 0.15) is 56.7 Å². The highest BCUT2D eigenvalue weighted by Gasteiger charge is 2.17. The van der Waals surface area contributed by atoms with Crippen LogP contribution in [0.15, 0.2) is 12.3 Å². The molecule has 1 saturated heterocycles. The molecule has 1 aromatic heterocycles. The van der Waals surface area contributed by atoms with Gasteiger partial charge >= 0.3 is 0 Å². The second-order valence-electron chi connectivity index (χ2n) is 6.98. The number of nitrogens with zero attached hydrogens (tertiary/aromatic N) is 3. The molecule has 0 spiro atoms. The molecule has 1 aromatic rings. The minimum absolute atomic E-state index is 0.652. The van der Waals surface area contributed by atoms with E-state index in [0.717, 1.165) is 19.0 Å². The molecule has 1 aliphatic carbocycles. The Hall–Kier alpha value is -0.870. The van der Waals surface area contributed by atoms with Crippen molar-refractivity contribution in [2.45, 2.75) is 57.5 Å². The molecular formula is C17H30N4. The summed E-state index contributed by atoms with van der Waals surface area (Å²) in [6.45, 7) is 4.55. The maximum atomic E-state index is 4.78. The van der Waals surface area contributed by atoms with E-state index in [0.29, 0.717) is 6.04 Å². The van der Waals surface area contributed by atoms with E-state index in [9.17, 15) is 0 Å². The van der Waals surface area contributed by atoms with Crippen molar-refractivity contribution in [2.75, 3.05) is 26.7 Å². The van der Waals surface area contributed by atoms with Crippen LogP contribution in [-0.2, 0) is 6.54 Å². The van der Waals surface area contributed by atoms with Crippen LogP contribution in [-0.4, -0.2) is 41.4 Å². The van der Waals surface area contributed by atoms with E-state index in [1.807, 2.05) is 0 Å². The highest BCUT2D eigenvalue weighted by Crippen LogP contribution is 2.27. The van der Waals surface area contributed by atoms with E-state index in [2.05, 4.69) is 34.2 Å². The van der Waals surface area contributed by atoms with Crippen molar-refractivity contribution in [3.05, 3.63) is 18.0 Å². The third-order valence-electron chi connectivity index (χ3n) is 5.07. The SMILES string of the molecule is CN1CCCC(CNCc2ccn(C3CCCCC3)n2)C1. The van der Waals surface area contributed by atoms with Crippen molar-refractivity contribution in [3.63, 3.8) is 0 Å². The largest absolute Gasteiger partial charge is 0.311 e. The van der Waals surface area contributed by atoms with Gasteiger partial charge in [0.25, 0.3) is 0 Å². The second kappa shape index (κ2) is 7.41. The van der Waals surface area contributed by atoms with Crippen LogP contribution in [0.3, 0.4) is 0 Å². The number of nitrogens with one attached hydrogen (secondary N) is 1. The Morgan fingerprint density at radius 2 is 2.05 bits per heavy atom. The number of hydrogen-bond donors (Lipinski definition) is 1. The van der Waals surface area contributed by atoms with Crippen molar-refractivity contribution in [3.8, 4) is 0 Å². The number of aromatic nitrogens is 2. The summed E-state index contributed by atoms with van der Waals surface area (Å²) in [7, 11) is 2.23.